The van der Waals surface area contributed by atoms with Crippen molar-refractivity contribution in [3.63, 3.8) is 0 Å². The Morgan fingerprint density at radius 1 is 0.851 bits per heavy atom. The van der Waals surface area contributed by atoms with Crippen molar-refractivity contribution in [1.82, 2.24) is 26.2 Å². The number of likely N-dealkylation sites (tertiary alicyclic amines) is 1. The summed E-state index contributed by atoms with van der Waals surface area (Å²) >= 11 is 0. The van der Waals surface area contributed by atoms with Gasteiger partial charge in [0.25, 0.3) is 5.91 Å². The van der Waals surface area contributed by atoms with E-state index in [1.165, 1.54) is 11.0 Å². The average molecular weight is 662 g/mol. The highest BCUT2D eigenvalue weighted by Gasteiger charge is 2.48. The minimum absolute atomic E-state index is 0.0303. The van der Waals surface area contributed by atoms with Crippen molar-refractivity contribution in [2.75, 3.05) is 13.1 Å². The van der Waals surface area contributed by atoms with Crippen LogP contribution in [0.4, 0.5) is 4.79 Å². The maximum Gasteiger partial charge on any atom is 0.329 e. The molecule has 4 N–H and O–H groups in total. The van der Waals surface area contributed by atoms with Gasteiger partial charge in [-0.15, -0.1) is 6.58 Å². The molecule has 47 heavy (non-hydrogen) atoms. The van der Waals surface area contributed by atoms with Crippen molar-refractivity contribution in [2.24, 2.45) is 28.6 Å². The highest BCUT2D eigenvalue weighted by Crippen LogP contribution is 2.36. The second-order valence-electron chi connectivity index (χ2n) is 16.5. The highest BCUT2D eigenvalue weighted by atomic mass is 16.6. The standard InChI is InChI=1S/C35H59N5O7/c1-13-17-36-29(43)25(41)23(19-21-14-15-21)37-28(42)24-22(20(2)3)16-18-40(24)30(44)26(33(4,5)6)38-32(46)39-27(34(7,8)9)31(45)47-35(10,11)12/h13,20-24,26-27H,1,14-19H2,2-12H3,(H,36,43)(H,37,42)(H2,38,39,46)/t22-,23?,24+,26-,27-/m1/s1. The maximum absolute atomic E-state index is 14.3. The largest absolute Gasteiger partial charge is 0.458 e. The van der Waals surface area contributed by atoms with E-state index < -0.39 is 76.1 Å². The summed E-state index contributed by atoms with van der Waals surface area (Å²) in [5, 5.41) is 10.8. The number of ketones is 1. The SMILES string of the molecule is C=CCNC(=O)C(=O)C(CC1CC1)NC(=O)[C@@H]1[C@@H](C(C)C)CCN1C(=O)[C@@H](NC(=O)N[C@H](C(=O)OC(C)(C)C)C(C)(C)C)C(C)(C)C. The first-order valence-corrected chi connectivity index (χ1v) is 16.8. The van der Waals surface area contributed by atoms with Gasteiger partial charge in [0.2, 0.25) is 17.6 Å². The van der Waals surface area contributed by atoms with Gasteiger partial charge in [0.1, 0.15) is 23.7 Å². The molecule has 0 aromatic carbocycles. The predicted molar refractivity (Wildman–Crippen MR) is 180 cm³/mol. The smallest absolute Gasteiger partial charge is 0.329 e. The van der Waals surface area contributed by atoms with Crippen LogP contribution in [0.3, 0.4) is 0 Å². The average Bonchev–Trinajstić information content (AvgIpc) is 3.62. The van der Waals surface area contributed by atoms with Crippen LogP contribution in [0.1, 0.15) is 102 Å². The summed E-state index contributed by atoms with van der Waals surface area (Å²) in [6.07, 6.45) is 4.20. The molecule has 1 saturated heterocycles. The van der Waals surface area contributed by atoms with Crippen LogP contribution in [-0.4, -0.2) is 83.3 Å². The topological polar surface area (TPSA) is 163 Å². The van der Waals surface area contributed by atoms with Gasteiger partial charge in [-0.3, -0.25) is 19.2 Å². The Hall–Kier alpha value is -3.44. The molecule has 0 spiro atoms. The molecule has 5 atom stereocenters. The number of hydrogen-bond donors (Lipinski definition) is 4. The van der Waals surface area contributed by atoms with Crippen molar-refractivity contribution in [3.8, 4) is 0 Å². The van der Waals surface area contributed by atoms with Crippen LogP contribution in [0.2, 0.25) is 0 Å². The van der Waals surface area contributed by atoms with Crippen LogP contribution in [0, 0.1) is 28.6 Å². The van der Waals surface area contributed by atoms with Gasteiger partial charge >= 0.3 is 12.0 Å². The van der Waals surface area contributed by atoms with Crippen LogP contribution in [0.25, 0.3) is 0 Å². The Kier molecular flexibility index (Phi) is 13.2. The molecule has 266 valence electrons. The summed E-state index contributed by atoms with van der Waals surface area (Å²) < 4.78 is 5.56. The lowest BCUT2D eigenvalue weighted by molar-refractivity contribution is -0.160. The second-order valence-corrected chi connectivity index (χ2v) is 16.5. The molecule has 0 aromatic rings. The van der Waals surface area contributed by atoms with E-state index in [0.29, 0.717) is 12.8 Å². The Balaban J connectivity index is 2.34. The van der Waals surface area contributed by atoms with Crippen molar-refractivity contribution in [3.05, 3.63) is 12.7 Å². The molecular formula is C35H59N5O7. The lowest BCUT2D eigenvalue weighted by Crippen LogP contribution is -2.62. The second kappa shape index (κ2) is 15.6. The molecule has 1 aliphatic heterocycles. The number of Topliss-reactive ketones (excluding diaryl/α,β-unsaturated/α-hetero) is 1. The van der Waals surface area contributed by atoms with Crippen molar-refractivity contribution >= 4 is 35.5 Å². The first-order chi connectivity index (χ1) is 21.5. The Morgan fingerprint density at radius 2 is 1.40 bits per heavy atom. The molecule has 2 fully saturated rings. The molecule has 1 saturated carbocycles. The molecule has 12 heteroatoms. The Bertz CT molecular complexity index is 1190. The third kappa shape index (κ3) is 11.6. The molecule has 2 aliphatic rings. The van der Waals surface area contributed by atoms with E-state index in [9.17, 15) is 28.8 Å². The van der Waals surface area contributed by atoms with E-state index in [1.807, 2.05) is 34.6 Å². The van der Waals surface area contributed by atoms with E-state index in [-0.39, 0.29) is 30.8 Å². The molecule has 0 aromatic heterocycles. The zero-order valence-corrected chi connectivity index (χ0v) is 30.4. The lowest BCUT2D eigenvalue weighted by atomic mass is 9.84. The Morgan fingerprint density at radius 3 is 1.87 bits per heavy atom. The highest BCUT2D eigenvalue weighted by molar-refractivity contribution is 6.38. The lowest BCUT2D eigenvalue weighted by Gasteiger charge is -2.38. The Labute approximate surface area is 280 Å². The van der Waals surface area contributed by atoms with Crippen LogP contribution in [0.5, 0.6) is 0 Å². The summed E-state index contributed by atoms with van der Waals surface area (Å²) in [6.45, 7) is 24.0. The molecule has 0 radical (unpaired) electrons. The molecule has 2 rings (SSSR count). The first-order valence-electron chi connectivity index (χ1n) is 16.8. The van der Waals surface area contributed by atoms with Gasteiger partial charge in [-0.25, -0.2) is 9.59 Å². The number of nitrogens with one attached hydrogen (secondary N) is 4. The minimum atomic E-state index is -1.06. The fourth-order valence-corrected chi connectivity index (χ4v) is 5.79. The number of ether oxygens (including phenoxy) is 1. The van der Waals surface area contributed by atoms with E-state index in [1.54, 1.807) is 41.5 Å². The fourth-order valence-electron chi connectivity index (χ4n) is 5.79. The van der Waals surface area contributed by atoms with E-state index >= 15 is 0 Å². The monoisotopic (exact) mass is 661 g/mol. The molecule has 12 nitrogen and oxygen atoms in total. The third-order valence-electron chi connectivity index (χ3n) is 8.55. The van der Waals surface area contributed by atoms with Gasteiger partial charge in [0.05, 0.1) is 6.04 Å². The van der Waals surface area contributed by atoms with E-state index in [0.717, 1.165) is 12.8 Å². The van der Waals surface area contributed by atoms with E-state index in [2.05, 4.69) is 27.8 Å². The fraction of sp³-hybridized carbons (Fsp3) is 0.771. The normalized spacial score (nSPS) is 20.5. The van der Waals surface area contributed by atoms with Crippen molar-refractivity contribution < 1.29 is 33.5 Å². The maximum atomic E-state index is 14.3. The summed E-state index contributed by atoms with van der Waals surface area (Å²) in [7, 11) is 0. The van der Waals surface area contributed by atoms with Crippen LogP contribution >= 0.6 is 0 Å². The van der Waals surface area contributed by atoms with Gasteiger partial charge in [0.15, 0.2) is 0 Å². The zero-order valence-electron chi connectivity index (χ0n) is 30.4. The number of amides is 5. The number of nitrogens with zero attached hydrogens (tertiary/aromatic N) is 1. The molecular weight excluding hydrogens is 602 g/mol. The molecule has 1 unspecified atom stereocenters. The summed E-state index contributed by atoms with van der Waals surface area (Å²) in [4.78, 5) is 82.0. The summed E-state index contributed by atoms with van der Waals surface area (Å²) in [5.74, 6) is -3.01. The minimum Gasteiger partial charge on any atom is -0.458 e. The van der Waals surface area contributed by atoms with Gasteiger partial charge in [-0.1, -0.05) is 74.3 Å². The number of urea groups is 1. The number of esters is 1. The van der Waals surface area contributed by atoms with Crippen LogP contribution in [0.15, 0.2) is 12.7 Å². The van der Waals surface area contributed by atoms with Gasteiger partial charge in [-0.2, -0.15) is 0 Å². The number of rotatable bonds is 13. The molecule has 0 bridgehead atoms. The molecule has 1 aliphatic carbocycles. The molecule has 1 heterocycles. The van der Waals surface area contributed by atoms with E-state index in [4.69, 9.17) is 4.74 Å². The first kappa shape index (κ1) is 39.7. The quantitative estimate of drug-likeness (QED) is 0.133. The number of carbonyl (C=O) groups is 6. The van der Waals surface area contributed by atoms with Gasteiger partial charge in [0, 0.05) is 13.1 Å². The number of hydrogen-bond acceptors (Lipinski definition) is 7. The van der Waals surface area contributed by atoms with Crippen LogP contribution < -0.4 is 21.3 Å². The van der Waals surface area contributed by atoms with Crippen molar-refractivity contribution in [2.45, 2.75) is 132 Å². The van der Waals surface area contributed by atoms with Gasteiger partial charge < -0.3 is 30.9 Å². The zero-order chi connectivity index (χ0) is 36.1. The van der Waals surface area contributed by atoms with Crippen LogP contribution in [-0.2, 0) is 28.7 Å². The van der Waals surface area contributed by atoms with Crippen molar-refractivity contribution in [1.29, 1.82) is 0 Å². The summed E-state index contributed by atoms with van der Waals surface area (Å²) in [5.41, 5.74) is -2.23. The van der Waals surface area contributed by atoms with Gasteiger partial charge in [-0.05, 0) is 62.2 Å². The third-order valence-corrected chi connectivity index (χ3v) is 8.55. The molecule has 5 amide bonds. The number of carbonyl (C=O) groups excluding carboxylic acids is 6. The predicted octanol–water partition coefficient (Wildman–Crippen LogP) is 3.49. The summed E-state index contributed by atoms with van der Waals surface area (Å²) in [6, 6.07) is -4.71.